The number of aryl methyl sites for hydroxylation is 1. The molecule has 86 valence electrons. The lowest BCUT2D eigenvalue weighted by atomic mass is 10.1. The summed E-state index contributed by atoms with van der Waals surface area (Å²) in [6, 6.07) is 9.66. The van der Waals surface area contributed by atoms with Gasteiger partial charge in [0.2, 0.25) is 0 Å². The van der Waals surface area contributed by atoms with E-state index in [9.17, 15) is 4.79 Å². The molecule has 0 aliphatic heterocycles. The Kier molecular flexibility index (Phi) is 3.14. The molecule has 1 heterocycles. The van der Waals surface area contributed by atoms with Crippen molar-refractivity contribution in [1.29, 1.82) is 0 Å². The third kappa shape index (κ3) is 2.66. The summed E-state index contributed by atoms with van der Waals surface area (Å²) in [7, 11) is 0. The van der Waals surface area contributed by atoms with Crippen LogP contribution >= 0.6 is 0 Å². The van der Waals surface area contributed by atoms with Crippen molar-refractivity contribution in [3.63, 3.8) is 0 Å². The minimum atomic E-state index is -0.990. The smallest absolute Gasteiger partial charge is 0.339 e. The average Bonchev–Trinajstić information content (AvgIpc) is 2.30. The zero-order valence-corrected chi connectivity index (χ0v) is 9.42. The molecule has 0 unspecified atom stereocenters. The first-order valence-electron chi connectivity index (χ1n) is 5.26. The quantitative estimate of drug-likeness (QED) is 0.873. The molecule has 0 amide bonds. The average molecular weight is 228 g/mol. The van der Waals surface area contributed by atoms with Crippen LogP contribution in [0.25, 0.3) is 0 Å². The lowest BCUT2D eigenvalue weighted by molar-refractivity contribution is 0.0694. The van der Waals surface area contributed by atoms with Crippen molar-refractivity contribution in [2.75, 3.05) is 0 Å². The summed E-state index contributed by atoms with van der Waals surface area (Å²) in [5, 5.41) is 9.05. The highest BCUT2D eigenvalue weighted by atomic mass is 16.4. The van der Waals surface area contributed by atoms with E-state index in [1.807, 2.05) is 30.3 Å². The zero-order chi connectivity index (χ0) is 12.3. The standard InChI is InChI=1S/C13H12N2O2/c1-9-14-8-11(13(16)17)12(15-9)7-10-5-3-2-4-6-10/h2-6,8H,7H2,1H3,(H,16,17). The fourth-order valence-electron chi connectivity index (χ4n) is 1.62. The van der Waals surface area contributed by atoms with E-state index < -0.39 is 5.97 Å². The Morgan fingerprint density at radius 3 is 2.65 bits per heavy atom. The van der Waals surface area contributed by atoms with Crippen LogP contribution in [0.1, 0.15) is 27.4 Å². The molecule has 1 N–H and O–H groups in total. The summed E-state index contributed by atoms with van der Waals surface area (Å²) in [5.41, 5.74) is 1.75. The van der Waals surface area contributed by atoms with Gasteiger partial charge in [-0.15, -0.1) is 0 Å². The summed E-state index contributed by atoms with van der Waals surface area (Å²) in [5.74, 6) is -0.406. The molecule has 0 radical (unpaired) electrons. The van der Waals surface area contributed by atoms with Gasteiger partial charge in [-0.1, -0.05) is 30.3 Å². The van der Waals surface area contributed by atoms with Crippen molar-refractivity contribution in [2.45, 2.75) is 13.3 Å². The van der Waals surface area contributed by atoms with Crippen LogP contribution in [0.15, 0.2) is 36.5 Å². The summed E-state index contributed by atoms with van der Waals surface area (Å²) >= 11 is 0. The number of nitrogens with zero attached hydrogens (tertiary/aromatic N) is 2. The SMILES string of the molecule is Cc1ncc(C(=O)O)c(Cc2ccccc2)n1. The number of benzene rings is 1. The van der Waals surface area contributed by atoms with E-state index in [-0.39, 0.29) is 5.56 Å². The number of carboxylic acids is 1. The highest BCUT2D eigenvalue weighted by molar-refractivity contribution is 5.88. The van der Waals surface area contributed by atoms with E-state index in [1.165, 1.54) is 6.20 Å². The summed E-state index contributed by atoms with van der Waals surface area (Å²) in [6.45, 7) is 1.75. The number of rotatable bonds is 3. The number of hydrogen-bond acceptors (Lipinski definition) is 3. The topological polar surface area (TPSA) is 63.1 Å². The Balaban J connectivity index is 2.37. The number of aromatic nitrogens is 2. The van der Waals surface area contributed by atoms with Crippen molar-refractivity contribution >= 4 is 5.97 Å². The van der Waals surface area contributed by atoms with Gasteiger partial charge in [0.05, 0.1) is 11.3 Å². The second kappa shape index (κ2) is 4.74. The van der Waals surface area contributed by atoms with E-state index in [0.717, 1.165) is 5.56 Å². The van der Waals surface area contributed by atoms with E-state index in [0.29, 0.717) is 17.9 Å². The van der Waals surface area contributed by atoms with Crippen LogP contribution in [0.5, 0.6) is 0 Å². The van der Waals surface area contributed by atoms with Crippen LogP contribution in [-0.2, 0) is 6.42 Å². The highest BCUT2D eigenvalue weighted by Gasteiger charge is 2.12. The maximum Gasteiger partial charge on any atom is 0.339 e. The molecule has 0 saturated heterocycles. The predicted molar refractivity (Wildman–Crippen MR) is 63.0 cm³/mol. The van der Waals surface area contributed by atoms with E-state index in [2.05, 4.69) is 9.97 Å². The lowest BCUT2D eigenvalue weighted by Crippen LogP contribution is -2.08. The number of carboxylic acid groups (broad SMARTS) is 1. The Morgan fingerprint density at radius 1 is 1.29 bits per heavy atom. The van der Waals surface area contributed by atoms with Crippen LogP contribution in [0.3, 0.4) is 0 Å². The molecule has 0 aliphatic carbocycles. The van der Waals surface area contributed by atoms with E-state index in [1.54, 1.807) is 6.92 Å². The van der Waals surface area contributed by atoms with Crippen molar-refractivity contribution < 1.29 is 9.90 Å². The first-order chi connectivity index (χ1) is 8.16. The van der Waals surface area contributed by atoms with Crippen molar-refractivity contribution in [2.24, 2.45) is 0 Å². The highest BCUT2D eigenvalue weighted by Crippen LogP contribution is 2.11. The molecule has 4 heteroatoms. The van der Waals surface area contributed by atoms with Gasteiger partial charge in [0.25, 0.3) is 0 Å². The van der Waals surface area contributed by atoms with Gasteiger partial charge < -0.3 is 5.11 Å². The Bertz CT molecular complexity index is 538. The van der Waals surface area contributed by atoms with Gasteiger partial charge in [-0.05, 0) is 12.5 Å². The maximum atomic E-state index is 11.0. The maximum absolute atomic E-state index is 11.0. The van der Waals surface area contributed by atoms with Crippen LogP contribution in [0, 0.1) is 6.92 Å². The third-order valence-corrected chi connectivity index (χ3v) is 2.43. The predicted octanol–water partition coefficient (Wildman–Crippen LogP) is 2.07. The summed E-state index contributed by atoms with van der Waals surface area (Å²) in [4.78, 5) is 19.2. The van der Waals surface area contributed by atoms with Gasteiger partial charge in [0, 0.05) is 12.6 Å². The van der Waals surface area contributed by atoms with Crippen molar-refractivity contribution in [3.05, 3.63) is 59.2 Å². The third-order valence-electron chi connectivity index (χ3n) is 2.43. The van der Waals surface area contributed by atoms with E-state index in [4.69, 9.17) is 5.11 Å². The molecule has 0 fully saturated rings. The molecule has 0 spiro atoms. The molecule has 0 bridgehead atoms. The Hall–Kier alpha value is -2.23. The second-order valence-corrected chi connectivity index (χ2v) is 3.75. The van der Waals surface area contributed by atoms with Gasteiger partial charge in [0.1, 0.15) is 5.82 Å². The zero-order valence-electron chi connectivity index (χ0n) is 9.42. The summed E-state index contributed by atoms with van der Waals surface area (Å²) in [6.07, 6.45) is 1.87. The van der Waals surface area contributed by atoms with Gasteiger partial charge in [-0.25, -0.2) is 14.8 Å². The normalized spacial score (nSPS) is 10.2. The molecule has 17 heavy (non-hydrogen) atoms. The minimum Gasteiger partial charge on any atom is -0.478 e. The van der Waals surface area contributed by atoms with Crippen LogP contribution in [-0.4, -0.2) is 21.0 Å². The Labute approximate surface area is 99.0 Å². The summed E-state index contributed by atoms with van der Waals surface area (Å²) < 4.78 is 0. The fraction of sp³-hybridized carbons (Fsp3) is 0.154. The van der Waals surface area contributed by atoms with Crippen LogP contribution < -0.4 is 0 Å². The lowest BCUT2D eigenvalue weighted by Gasteiger charge is -2.05. The molecule has 1 aromatic heterocycles. The molecular weight excluding hydrogens is 216 g/mol. The first-order valence-corrected chi connectivity index (χ1v) is 5.26. The Morgan fingerprint density at radius 2 is 2.00 bits per heavy atom. The minimum absolute atomic E-state index is 0.166. The molecule has 2 aromatic rings. The van der Waals surface area contributed by atoms with Gasteiger partial charge >= 0.3 is 5.97 Å². The number of hydrogen-bond donors (Lipinski definition) is 1. The largest absolute Gasteiger partial charge is 0.478 e. The number of carbonyl (C=O) groups is 1. The van der Waals surface area contributed by atoms with Crippen molar-refractivity contribution in [3.8, 4) is 0 Å². The molecule has 0 aliphatic rings. The van der Waals surface area contributed by atoms with Gasteiger partial charge in [-0.3, -0.25) is 0 Å². The van der Waals surface area contributed by atoms with Gasteiger partial charge in [-0.2, -0.15) is 0 Å². The first kappa shape index (κ1) is 11.3. The van der Waals surface area contributed by atoms with Crippen LogP contribution in [0.2, 0.25) is 0 Å². The molecule has 0 saturated carbocycles. The molecule has 4 nitrogen and oxygen atoms in total. The van der Waals surface area contributed by atoms with E-state index >= 15 is 0 Å². The number of aromatic carboxylic acids is 1. The molecule has 0 atom stereocenters. The van der Waals surface area contributed by atoms with Crippen LogP contribution in [0.4, 0.5) is 0 Å². The molecule has 2 rings (SSSR count). The fourth-order valence-corrected chi connectivity index (χ4v) is 1.62. The van der Waals surface area contributed by atoms with Gasteiger partial charge in [0.15, 0.2) is 0 Å². The molecular formula is C13H12N2O2. The second-order valence-electron chi connectivity index (χ2n) is 3.75. The monoisotopic (exact) mass is 228 g/mol. The van der Waals surface area contributed by atoms with Crippen molar-refractivity contribution in [1.82, 2.24) is 9.97 Å². The molecule has 1 aromatic carbocycles.